The summed E-state index contributed by atoms with van der Waals surface area (Å²) < 4.78 is 0. The summed E-state index contributed by atoms with van der Waals surface area (Å²) in [5.74, 6) is -0.0290. The topological polar surface area (TPSA) is 104 Å². The smallest absolute Gasteiger partial charge is 0.289 e. The lowest BCUT2D eigenvalue weighted by atomic mass is 9.87. The fourth-order valence-corrected chi connectivity index (χ4v) is 6.30. The molecule has 0 unspecified atom stereocenters. The highest BCUT2D eigenvalue weighted by molar-refractivity contribution is 7.13. The highest BCUT2D eigenvalue weighted by Crippen LogP contribution is 2.32. The molecule has 2 N–H and O–H groups in total. The molecule has 0 radical (unpaired) electrons. The summed E-state index contributed by atoms with van der Waals surface area (Å²) in [4.78, 5) is 48.7. The number of amides is 3. The molecule has 0 spiro atoms. The second-order valence-corrected chi connectivity index (χ2v) is 10.7. The quantitative estimate of drug-likeness (QED) is 0.658. The van der Waals surface area contributed by atoms with Crippen LogP contribution in [0, 0.1) is 19.8 Å². The van der Waals surface area contributed by atoms with Gasteiger partial charge in [0.25, 0.3) is 11.8 Å². The number of aromatic nitrogens is 2. The van der Waals surface area contributed by atoms with Crippen LogP contribution < -0.4 is 10.9 Å². The fourth-order valence-electron chi connectivity index (χ4n) is 4.51. The molecule has 2 aliphatic rings. The summed E-state index contributed by atoms with van der Waals surface area (Å²) >= 11 is 2.75. The van der Waals surface area contributed by atoms with Crippen LogP contribution in [0.2, 0.25) is 0 Å². The number of hydrogen-bond acceptors (Lipinski definition) is 7. The van der Waals surface area contributed by atoms with Crippen LogP contribution in [0.4, 0.5) is 0 Å². The molecule has 1 saturated heterocycles. The number of thiazole rings is 2. The molecule has 32 heavy (non-hydrogen) atoms. The van der Waals surface area contributed by atoms with Crippen molar-refractivity contribution in [1.29, 1.82) is 0 Å². The third kappa shape index (κ3) is 5.17. The molecule has 0 atom stereocenters. The molecule has 4 rings (SSSR count). The number of carbonyl (C=O) groups is 3. The molecule has 8 nitrogen and oxygen atoms in total. The van der Waals surface area contributed by atoms with Crippen LogP contribution in [-0.4, -0.2) is 45.7 Å². The summed E-state index contributed by atoms with van der Waals surface area (Å²) in [5.41, 5.74) is 5.82. The molecule has 1 aliphatic heterocycles. The van der Waals surface area contributed by atoms with Crippen molar-refractivity contribution in [2.75, 3.05) is 13.1 Å². The Bertz CT molecular complexity index is 988. The summed E-state index contributed by atoms with van der Waals surface area (Å²) in [7, 11) is 0. The average Bonchev–Trinajstić information content (AvgIpc) is 3.44. The zero-order chi connectivity index (χ0) is 22.7. The van der Waals surface area contributed by atoms with E-state index in [1.807, 2.05) is 11.8 Å². The van der Waals surface area contributed by atoms with Gasteiger partial charge in [0.15, 0.2) is 0 Å². The van der Waals surface area contributed by atoms with Gasteiger partial charge in [-0.15, -0.1) is 22.7 Å². The number of nitrogens with zero attached hydrogens (tertiary/aromatic N) is 3. The van der Waals surface area contributed by atoms with E-state index >= 15 is 0 Å². The lowest BCUT2D eigenvalue weighted by Gasteiger charge is -2.34. The summed E-state index contributed by atoms with van der Waals surface area (Å²) in [6.45, 7) is 5.11. The Morgan fingerprint density at radius 1 is 0.969 bits per heavy atom. The van der Waals surface area contributed by atoms with E-state index in [9.17, 15) is 14.4 Å². The maximum atomic E-state index is 12.8. The zero-order valence-electron chi connectivity index (χ0n) is 18.5. The minimum Gasteiger partial charge on any atom is -0.342 e. The van der Waals surface area contributed by atoms with Gasteiger partial charge in [-0.05, 0) is 39.5 Å². The van der Waals surface area contributed by atoms with Gasteiger partial charge in [-0.25, -0.2) is 9.97 Å². The van der Waals surface area contributed by atoms with Crippen molar-refractivity contribution in [2.45, 2.75) is 64.7 Å². The first-order valence-corrected chi connectivity index (χ1v) is 12.9. The molecule has 3 amide bonds. The highest BCUT2D eigenvalue weighted by Gasteiger charge is 2.30. The zero-order valence-corrected chi connectivity index (χ0v) is 20.1. The monoisotopic (exact) mass is 475 g/mol. The van der Waals surface area contributed by atoms with E-state index in [1.165, 1.54) is 41.9 Å². The van der Waals surface area contributed by atoms with Crippen molar-refractivity contribution in [3.05, 3.63) is 31.7 Å². The van der Waals surface area contributed by atoms with Crippen molar-refractivity contribution in [2.24, 2.45) is 5.92 Å². The molecule has 2 fully saturated rings. The van der Waals surface area contributed by atoms with Crippen LogP contribution in [0.1, 0.15) is 86.7 Å². The van der Waals surface area contributed by atoms with Gasteiger partial charge in [0.1, 0.15) is 10.6 Å². The summed E-state index contributed by atoms with van der Waals surface area (Å²) in [6.07, 6.45) is 7.38. The maximum absolute atomic E-state index is 12.8. The number of hydrazine groups is 1. The second-order valence-electron chi connectivity index (χ2n) is 8.56. The number of carbonyl (C=O) groups excluding carboxylic acids is 3. The molecule has 2 aromatic rings. The summed E-state index contributed by atoms with van der Waals surface area (Å²) in [5, 5.41) is 3.44. The number of likely N-dealkylation sites (tertiary alicyclic amines) is 1. The Labute approximate surface area is 195 Å². The predicted molar refractivity (Wildman–Crippen MR) is 124 cm³/mol. The number of piperidine rings is 1. The fraction of sp³-hybridized carbons (Fsp3) is 0.591. The van der Waals surface area contributed by atoms with Crippen LogP contribution in [0.25, 0.3) is 0 Å². The van der Waals surface area contributed by atoms with E-state index in [2.05, 4.69) is 20.8 Å². The van der Waals surface area contributed by atoms with Gasteiger partial charge in [0, 0.05) is 30.3 Å². The van der Waals surface area contributed by atoms with Crippen LogP contribution in [0.15, 0.2) is 5.38 Å². The Balaban J connectivity index is 1.27. The predicted octanol–water partition coefficient (Wildman–Crippen LogP) is 3.58. The van der Waals surface area contributed by atoms with Gasteiger partial charge >= 0.3 is 0 Å². The van der Waals surface area contributed by atoms with E-state index in [0.717, 1.165) is 48.8 Å². The second kappa shape index (κ2) is 10.1. The average molecular weight is 476 g/mol. The lowest BCUT2D eigenvalue weighted by Crippen LogP contribution is -2.42. The van der Waals surface area contributed by atoms with E-state index in [-0.39, 0.29) is 17.7 Å². The largest absolute Gasteiger partial charge is 0.342 e. The van der Waals surface area contributed by atoms with Crippen LogP contribution in [0.5, 0.6) is 0 Å². The minimum absolute atomic E-state index is 0.211. The first-order chi connectivity index (χ1) is 15.4. The van der Waals surface area contributed by atoms with Gasteiger partial charge in [-0.3, -0.25) is 25.2 Å². The minimum atomic E-state index is -0.440. The van der Waals surface area contributed by atoms with Gasteiger partial charge in [-0.2, -0.15) is 0 Å². The molecule has 0 bridgehead atoms. The number of rotatable bonds is 4. The number of aryl methyl sites for hydroxylation is 2. The highest BCUT2D eigenvalue weighted by atomic mass is 32.1. The third-order valence-corrected chi connectivity index (χ3v) is 8.34. The molecule has 3 heterocycles. The van der Waals surface area contributed by atoms with Gasteiger partial charge < -0.3 is 4.90 Å². The first kappa shape index (κ1) is 22.8. The Morgan fingerprint density at radius 3 is 2.31 bits per heavy atom. The number of nitrogens with one attached hydrogen (secondary N) is 2. The Morgan fingerprint density at radius 2 is 1.66 bits per heavy atom. The molecule has 0 aromatic carbocycles. The van der Waals surface area contributed by atoms with Crippen molar-refractivity contribution >= 4 is 40.4 Å². The molecule has 10 heteroatoms. The molecular weight excluding hydrogens is 446 g/mol. The van der Waals surface area contributed by atoms with E-state index in [4.69, 9.17) is 0 Å². The van der Waals surface area contributed by atoms with Crippen LogP contribution in [-0.2, 0) is 4.79 Å². The molecule has 2 aromatic heterocycles. The molecule has 1 aliphatic carbocycles. The third-order valence-electron chi connectivity index (χ3n) is 6.26. The maximum Gasteiger partial charge on any atom is 0.289 e. The first-order valence-electron chi connectivity index (χ1n) is 11.2. The normalized spacial score (nSPS) is 17.9. The van der Waals surface area contributed by atoms with Gasteiger partial charge in [0.05, 0.1) is 15.7 Å². The Hall–Kier alpha value is -2.33. The standard InChI is InChI=1S/C22H29N5O3S2/c1-13-18(32-14(2)23-13)20(29)26-25-19(28)17-12-31-21(24-17)15-8-10-27(11-9-15)22(30)16-6-4-3-5-7-16/h12,15-16H,3-11H2,1-2H3,(H,25,28)(H,26,29). The molecule has 172 valence electrons. The SMILES string of the molecule is Cc1nc(C)c(C(=O)NNC(=O)c2csc(C3CCN(C(=O)C4CCCCC4)CC3)n2)s1. The summed E-state index contributed by atoms with van der Waals surface area (Å²) in [6, 6.07) is 0. The van der Waals surface area contributed by atoms with E-state index in [0.29, 0.717) is 22.2 Å². The Kier molecular flexibility index (Phi) is 7.20. The van der Waals surface area contributed by atoms with Crippen LogP contribution >= 0.6 is 22.7 Å². The number of hydrogen-bond donors (Lipinski definition) is 2. The lowest BCUT2D eigenvalue weighted by molar-refractivity contribution is -0.137. The van der Waals surface area contributed by atoms with E-state index in [1.54, 1.807) is 12.3 Å². The van der Waals surface area contributed by atoms with E-state index < -0.39 is 5.91 Å². The van der Waals surface area contributed by atoms with Gasteiger partial charge in [-0.1, -0.05) is 19.3 Å². The molecule has 1 saturated carbocycles. The van der Waals surface area contributed by atoms with Crippen molar-refractivity contribution < 1.29 is 14.4 Å². The van der Waals surface area contributed by atoms with Crippen molar-refractivity contribution in [1.82, 2.24) is 25.7 Å². The van der Waals surface area contributed by atoms with Crippen LogP contribution in [0.3, 0.4) is 0 Å². The van der Waals surface area contributed by atoms with Crippen molar-refractivity contribution in [3.63, 3.8) is 0 Å². The van der Waals surface area contributed by atoms with Gasteiger partial charge in [0.2, 0.25) is 5.91 Å². The molecular formula is C22H29N5O3S2. The van der Waals surface area contributed by atoms with Crippen molar-refractivity contribution in [3.8, 4) is 0 Å².